The number of hydrogen-bond donors (Lipinski definition) is 2. The fraction of sp³-hybridized carbons (Fsp3) is 0.448. The summed E-state index contributed by atoms with van der Waals surface area (Å²) in [5, 5.41) is 15.3. The van der Waals surface area contributed by atoms with Gasteiger partial charge in [0, 0.05) is 12.0 Å². The van der Waals surface area contributed by atoms with Gasteiger partial charge in [0.1, 0.15) is 24.2 Å². The number of alkyl carbamates (subject to hydrolysis) is 1. The predicted molar refractivity (Wildman–Crippen MR) is 142 cm³/mol. The van der Waals surface area contributed by atoms with Crippen LogP contribution in [0.15, 0.2) is 54.6 Å². The van der Waals surface area contributed by atoms with Crippen molar-refractivity contribution < 1.29 is 19.1 Å². The van der Waals surface area contributed by atoms with Crippen LogP contribution in [0.4, 0.5) is 4.79 Å². The average Bonchev–Trinajstić information content (AvgIpc) is 2.77. The van der Waals surface area contributed by atoms with Crippen molar-refractivity contribution in [2.75, 3.05) is 6.54 Å². The minimum atomic E-state index is -1.08. The maximum Gasteiger partial charge on any atom is 0.408 e. The summed E-state index contributed by atoms with van der Waals surface area (Å²) in [6.07, 6.45) is -0.604. The van der Waals surface area contributed by atoms with E-state index in [0.29, 0.717) is 5.56 Å². The maximum atomic E-state index is 14.0. The van der Waals surface area contributed by atoms with Crippen molar-refractivity contribution in [3.05, 3.63) is 71.3 Å². The summed E-state index contributed by atoms with van der Waals surface area (Å²) in [4.78, 5) is 41.5. The number of nitrogens with zero attached hydrogens (tertiary/aromatic N) is 2. The monoisotopic (exact) mass is 506 g/mol. The summed E-state index contributed by atoms with van der Waals surface area (Å²) in [7, 11) is 0. The van der Waals surface area contributed by atoms with E-state index in [2.05, 4.69) is 10.6 Å². The van der Waals surface area contributed by atoms with Crippen LogP contribution in [0.3, 0.4) is 0 Å². The van der Waals surface area contributed by atoms with Gasteiger partial charge in [-0.3, -0.25) is 9.59 Å². The summed E-state index contributed by atoms with van der Waals surface area (Å²) in [6, 6.07) is 16.3. The third kappa shape index (κ3) is 9.60. The van der Waals surface area contributed by atoms with Gasteiger partial charge in [-0.2, -0.15) is 5.26 Å². The van der Waals surface area contributed by atoms with E-state index in [4.69, 9.17) is 4.74 Å². The molecular formula is C29H38N4O4. The Balaban J connectivity index is 2.53. The molecule has 0 aromatic heterocycles. The van der Waals surface area contributed by atoms with E-state index in [1.165, 1.54) is 4.90 Å². The third-order valence-corrected chi connectivity index (χ3v) is 5.25. The Morgan fingerprint density at radius 3 is 2.08 bits per heavy atom. The molecule has 3 amide bonds. The molecule has 2 atom stereocenters. The van der Waals surface area contributed by atoms with E-state index in [1.807, 2.05) is 76.2 Å². The van der Waals surface area contributed by atoms with Crippen molar-refractivity contribution in [1.82, 2.24) is 15.5 Å². The number of benzene rings is 2. The van der Waals surface area contributed by atoms with Crippen LogP contribution in [0.25, 0.3) is 0 Å². The molecule has 0 aliphatic carbocycles. The highest BCUT2D eigenvalue weighted by Gasteiger charge is 2.37. The van der Waals surface area contributed by atoms with Crippen LogP contribution < -0.4 is 10.6 Å². The molecule has 0 fully saturated rings. The molecule has 0 aliphatic heterocycles. The fourth-order valence-corrected chi connectivity index (χ4v) is 3.73. The second-order valence-corrected chi connectivity index (χ2v) is 11.1. The van der Waals surface area contributed by atoms with Crippen molar-refractivity contribution in [1.29, 1.82) is 5.26 Å². The highest BCUT2D eigenvalue weighted by Crippen LogP contribution is 2.24. The molecule has 2 N–H and O–H groups in total. The molecule has 0 spiro atoms. The number of carbonyl (C=O) groups is 3. The molecule has 0 bridgehead atoms. The minimum Gasteiger partial charge on any atom is -0.444 e. The number of nitriles is 1. The Morgan fingerprint density at radius 2 is 1.57 bits per heavy atom. The van der Waals surface area contributed by atoms with E-state index in [-0.39, 0.29) is 13.0 Å². The standard InChI is InChI=1S/C29H38N4O4/c1-20-13-15-22(16-14-20)24(25(34)32-28(2,3)4)33(18-17-30)26(35)23(19-21-11-9-8-10-12-21)31-27(36)37-29(5,6)7/h8-16,23-24H,18-19H2,1-7H3,(H,31,36)(H,32,34). The van der Waals surface area contributed by atoms with E-state index in [0.717, 1.165) is 11.1 Å². The molecule has 0 saturated heterocycles. The molecule has 8 nitrogen and oxygen atoms in total. The molecule has 0 saturated carbocycles. The second kappa shape index (κ2) is 12.4. The van der Waals surface area contributed by atoms with Crippen LogP contribution in [0, 0.1) is 18.3 Å². The lowest BCUT2D eigenvalue weighted by Crippen LogP contribution is -2.55. The van der Waals surface area contributed by atoms with Gasteiger partial charge in [0.25, 0.3) is 0 Å². The summed E-state index contributed by atoms with van der Waals surface area (Å²) in [5.41, 5.74) is 1.02. The quantitative estimate of drug-likeness (QED) is 0.514. The minimum absolute atomic E-state index is 0.155. The van der Waals surface area contributed by atoms with Crippen molar-refractivity contribution in [2.24, 2.45) is 0 Å². The lowest BCUT2D eigenvalue weighted by molar-refractivity contribution is -0.142. The van der Waals surface area contributed by atoms with Gasteiger partial charge in [-0.25, -0.2) is 4.79 Å². The van der Waals surface area contributed by atoms with E-state index < -0.39 is 41.1 Å². The van der Waals surface area contributed by atoms with Crippen LogP contribution in [-0.2, 0) is 20.7 Å². The first-order valence-electron chi connectivity index (χ1n) is 12.3. The van der Waals surface area contributed by atoms with Gasteiger partial charge in [-0.15, -0.1) is 0 Å². The maximum absolute atomic E-state index is 14.0. The molecule has 0 heterocycles. The molecule has 2 aromatic carbocycles. The molecule has 37 heavy (non-hydrogen) atoms. The number of aryl methyl sites for hydroxylation is 1. The van der Waals surface area contributed by atoms with Gasteiger partial charge in [0.15, 0.2) is 0 Å². The molecule has 2 rings (SSSR count). The average molecular weight is 507 g/mol. The first-order valence-corrected chi connectivity index (χ1v) is 12.3. The molecular weight excluding hydrogens is 468 g/mol. The van der Waals surface area contributed by atoms with Crippen LogP contribution in [0.5, 0.6) is 0 Å². The topological polar surface area (TPSA) is 112 Å². The normalized spacial score (nSPS) is 13.0. The number of nitrogens with one attached hydrogen (secondary N) is 2. The summed E-state index contributed by atoms with van der Waals surface area (Å²) in [6.45, 7) is 12.3. The van der Waals surface area contributed by atoms with Crippen molar-refractivity contribution in [3.8, 4) is 6.07 Å². The second-order valence-electron chi connectivity index (χ2n) is 11.1. The van der Waals surface area contributed by atoms with Gasteiger partial charge in [0.2, 0.25) is 11.8 Å². The van der Waals surface area contributed by atoms with Crippen molar-refractivity contribution in [2.45, 2.75) is 78.1 Å². The SMILES string of the molecule is Cc1ccc(C(C(=O)NC(C)(C)C)N(CC#N)C(=O)C(Cc2ccccc2)NC(=O)OC(C)(C)C)cc1. The highest BCUT2D eigenvalue weighted by atomic mass is 16.6. The third-order valence-electron chi connectivity index (χ3n) is 5.25. The fourth-order valence-electron chi connectivity index (χ4n) is 3.73. The van der Waals surface area contributed by atoms with Crippen molar-refractivity contribution >= 4 is 17.9 Å². The van der Waals surface area contributed by atoms with Gasteiger partial charge in [-0.05, 0) is 59.6 Å². The van der Waals surface area contributed by atoms with E-state index >= 15 is 0 Å². The lowest BCUT2D eigenvalue weighted by atomic mass is 9.98. The lowest BCUT2D eigenvalue weighted by Gasteiger charge is -2.34. The number of amides is 3. The first-order chi connectivity index (χ1) is 17.2. The molecule has 0 radical (unpaired) electrons. The number of rotatable bonds is 8. The number of carbonyl (C=O) groups excluding carboxylic acids is 3. The Labute approximate surface area is 220 Å². The molecule has 2 unspecified atom stereocenters. The van der Waals surface area contributed by atoms with Gasteiger partial charge in [-0.1, -0.05) is 60.2 Å². The zero-order chi connectivity index (χ0) is 27.8. The molecule has 2 aromatic rings. The Morgan fingerprint density at radius 1 is 0.973 bits per heavy atom. The first kappa shape index (κ1) is 29.4. The zero-order valence-corrected chi connectivity index (χ0v) is 22.8. The van der Waals surface area contributed by atoms with Gasteiger partial charge >= 0.3 is 6.09 Å². The smallest absolute Gasteiger partial charge is 0.408 e. The van der Waals surface area contributed by atoms with Crippen LogP contribution in [0.2, 0.25) is 0 Å². The Bertz CT molecular complexity index is 1110. The molecule has 8 heteroatoms. The van der Waals surface area contributed by atoms with Gasteiger partial charge in [0.05, 0.1) is 6.07 Å². The number of ether oxygens (including phenoxy) is 1. The van der Waals surface area contributed by atoms with E-state index in [9.17, 15) is 19.6 Å². The van der Waals surface area contributed by atoms with E-state index in [1.54, 1.807) is 32.9 Å². The van der Waals surface area contributed by atoms with Gasteiger partial charge < -0.3 is 20.3 Å². The Hall–Kier alpha value is -3.86. The summed E-state index contributed by atoms with van der Waals surface area (Å²) < 4.78 is 5.40. The molecule has 198 valence electrons. The zero-order valence-electron chi connectivity index (χ0n) is 22.8. The van der Waals surface area contributed by atoms with Crippen LogP contribution in [0.1, 0.15) is 64.3 Å². The highest BCUT2D eigenvalue weighted by molar-refractivity contribution is 5.92. The molecule has 0 aliphatic rings. The summed E-state index contributed by atoms with van der Waals surface area (Å²) >= 11 is 0. The van der Waals surface area contributed by atoms with Crippen LogP contribution in [-0.4, -0.2) is 46.5 Å². The summed E-state index contributed by atoms with van der Waals surface area (Å²) in [5.74, 6) is -0.985. The predicted octanol–water partition coefficient (Wildman–Crippen LogP) is 4.44. The number of hydrogen-bond acceptors (Lipinski definition) is 5. The Kier molecular flexibility index (Phi) is 9.84. The van der Waals surface area contributed by atoms with Crippen LogP contribution >= 0.6 is 0 Å². The van der Waals surface area contributed by atoms with Crippen molar-refractivity contribution in [3.63, 3.8) is 0 Å². The largest absolute Gasteiger partial charge is 0.444 e.